The van der Waals surface area contributed by atoms with Crippen molar-refractivity contribution >= 4 is 32.8 Å². The van der Waals surface area contributed by atoms with Crippen LogP contribution in [0.3, 0.4) is 0 Å². The van der Waals surface area contributed by atoms with Crippen molar-refractivity contribution in [3.8, 4) is 0 Å². The topological polar surface area (TPSA) is 60.2 Å². The van der Waals surface area contributed by atoms with Crippen molar-refractivity contribution in [2.45, 2.75) is 6.42 Å². The number of aryl methyl sites for hydroxylation is 1. The monoisotopic (exact) mass is 253 g/mol. The summed E-state index contributed by atoms with van der Waals surface area (Å²) in [6, 6.07) is 3.63. The minimum absolute atomic E-state index is 0.0616. The van der Waals surface area contributed by atoms with Crippen molar-refractivity contribution in [3.63, 3.8) is 0 Å². The zero-order chi connectivity index (χ0) is 10.6. The van der Waals surface area contributed by atoms with E-state index in [-0.39, 0.29) is 18.1 Å². The zero-order valence-corrected chi connectivity index (χ0v) is 9.96. The van der Waals surface area contributed by atoms with Crippen molar-refractivity contribution in [3.05, 3.63) is 21.3 Å². The average Bonchev–Trinajstić information content (AvgIpc) is 2.48. The normalized spacial score (nSPS) is 11.9. The molecule has 3 nitrogen and oxygen atoms in total. The molecule has 1 heterocycles. The Bertz CT molecular complexity index is 386. The Morgan fingerprint density at radius 1 is 1.36 bits per heavy atom. The number of halogens is 1. The largest absolute Gasteiger partial charge is 0.329 e. The Hall–Kier alpha value is -0.100. The second kappa shape index (κ2) is 5.11. The fraction of sp³-hybridized carbons (Fsp3) is 0.500. The number of rotatable bonds is 5. The second-order valence-electron chi connectivity index (χ2n) is 2.90. The highest BCUT2D eigenvalue weighted by molar-refractivity contribution is 7.91. The molecule has 0 aliphatic rings. The summed E-state index contributed by atoms with van der Waals surface area (Å²) in [7, 11) is -2.98. The average molecular weight is 254 g/mol. The molecule has 0 aliphatic heterocycles. The van der Waals surface area contributed by atoms with Gasteiger partial charge in [0.25, 0.3) is 0 Å². The predicted octanol–water partition coefficient (Wildman–Crippen LogP) is 1.32. The molecule has 0 unspecified atom stereocenters. The summed E-state index contributed by atoms with van der Waals surface area (Å²) in [5, 5.41) is 0. The van der Waals surface area contributed by atoms with Gasteiger partial charge in [-0.05, 0) is 18.6 Å². The van der Waals surface area contributed by atoms with Crippen LogP contribution in [0, 0.1) is 0 Å². The quantitative estimate of drug-likeness (QED) is 0.861. The molecule has 0 atom stereocenters. The van der Waals surface area contributed by atoms with Gasteiger partial charge in [0.1, 0.15) is 0 Å². The highest BCUT2D eigenvalue weighted by Crippen LogP contribution is 2.21. The summed E-state index contributed by atoms with van der Waals surface area (Å²) < 4.78 is 23.3. The van der Waals surface area contributed by atoms with E-state index in [0.717, 1.165) is 4.88 Å². The summed E-state index contributed by atoms with van der Waals surface area (Å²) in [6.45, 7) is 0.188. The van der Waals surface area contributed by atoms with Gasteiger partial charge < -0.3 is 5.73 Å². The van der Waals surface area contributed by atoms with Crippen LogP contribution in [0.4, 0.5) is 0 Å². The van der Waals surface area contributed by atoms with Gasteiger partial charge in [-0.15, -0.1) is 11.3 Å². The van der Waals surface area contributed by atoms with Crippen molar-refractivity contribution in [2.75, 3.05) is 18.1 Å². The summed E-state index contributed by atoms with van der Waals surface area (Å²) >= 11 is 7.14. The molecule has 0 amide bonds. The molecule has 80 valence electrons. The molecule has 0 bridgehead atoms. The lowest BCUT2D eigenvalue weighted by molar-refractivity contribution is 0.595. The molecular formula is C8H12ClNO2S2. The van der Waals surface area contributed by atoms with Crippen molar-refractivity contribution in [1.29, 1.82) is 0 Å². The molecule has 0 aliphatic carbocycles. The standard InChI is InChI=1S/C8H12ClNO2S2/c9-8-2-1-7(13-8)3-5-14(11,12)6-4-10/h1-2H,3-6,10H2. The maximum Gasteiger partial charge on any atom is 0.151 e. The number of hydrogen-bond donors (Lipinski definition) is 1. The molecule has 0 saturated carbocycles. The van der Waals surface area contributed by atoms with Gasteiger partial charge in [-0.25, -0.2) is 8.42 Å². The third-order valence-electron chi connectivity index (χ3n) is 1.72. The van der Waals surface area contributed by atoms with E-state index in [4.69, 9.17) is 17.3 Å². The molecular weight excluding hydrogens is 242 g/mol. The van der Waals surface area contributed by atoms with Gasteiger partial charge in [0, 0.05) is 11.4 Å². The number of sulfone groups is 1. The van der Waals surface area contributed by atoms with E-state index in [9.17, 15) is 8.42 Å². The molecule has 0 fully saturated rings. The first-order valence-electron chi connectivity index (χ1n) is 4.18. The SMILES string of the molecule is NCCS(=O)(=O)CCc1ccc(Cl)s1. The smallest absolute Gasteiger partial charge is 0.151 e. The molecule has 1 aromatic heterocycles. The van der Waals surface area contributed by atoms with Gasteiger partial charge in [0.2, 0.25) is 0 Å². The van der Waals surface area contributed by atoms with Crippen LogP contribution in [0.25, 0.3) is 0 Å². The summed E-state index contributed by atoms with van der Waals surface area (Å²) in [5.74, 6) is 0.215. The minimum atomic E-state index is -2.98. The lowest BCUT2D eigenvalue weighted by atomic mass is 10.4. The van der Waals surface area contributed by atoms with Gasteiger partial charge >= 0.3 is 0 Å². The van der Waals surface area contributed by atoms with Crippen LogP contribution in [0.1, 0.15) is 4.88 Å². The summed E-state index contributed by atoms with van der Waals surface area (Å²) in [5.41, 5.74) is 5.19. The van der Waals surface area contributed by atoms with Gasteiger partial charge in [-0.2, -0.15) is 0 Å². The van der Waals surface area contributed by atoms with Gasteiger partial charge in [-0.3, -0.25) is 0 Å². The molecule has 0 spiro atoms. The van der Waals surface area contributed by atoms with E-state index in [1.54, 1.807) is 6.07 Å². The Kier molecular flexibility index (Phi) is 4.37. The molecule has 0 saturated heterocycles. The van der Waals surface area contributed by atoms with E-state index in [1.165, 1.54) is 11.3 Å². The first kappa shape index (κ1) is 12.0. The molecule has 1 rings (SSSR count). The number of hydrogen-bond acceptors (Lipinski definition) is 4. The van der Waals surface area contributed by atoms with Gasteiger partial charge in [0.15, 0.2) is 9.84 Å². The van der Waals surface area contributed by atoms with E-state index in [1.807, 2.05) is 6.07 Å². The lowest BCUT2D eigenvalue weighted by Crippen LogP contribution is -2.19. The van der Waals surface area contributed by atoms with Crippen LogP contribution in [-0.4, -0.2) is 26.5 Å². The number of nitrogens with two attached hydrogens (primary N) is 1. The van der Waals surface area contributed by atoms with Crippen LogP contribution in [0.2, 0.25) is 4.34 Å². The van der Waals surface area contributed by atoms with Crippen molar-refractivity contribution < 1.29 is 8.42 Å². The highest BCUT2D eigenvalue weighted by Gasteiger charge is 2.10. The molecule has 0 radical (unpaired) electrons. The fourth-order valence-electron chi connectivity index (χ4n) is 1.02. The summed E-state index contributed by atoms with van der Waals surface area (Å²) in [4.78, 5) is 0.996. The zero-order valence-electron chi connectivity index (χ0n) is 7.57. The highest BCUT2D eigenvalue weighted by atomic mass is 35.5. The Labute approximate surface area is 92.8 Å². The Balaban J connectivity index is 2.48. The minimum Gasteiger partial charge on any atom is -0.329 e. The molecule has 14 heavy (non-hydrogen) atoms. The molecule has 6 heteroatoms. The van der Waals surface area contributed by atoms with E-state index < -0.39 is 9.84 Å². The van der Waals surface area contributed by atoms with Crippen LogP contribution >= 0.6 is 22.9 Å². The number of thiophene rings is 1. The van der Waals surface area contributed by atoms with Crippen LogP contribution < -0.4 is 5.73 Å². The van der Waals surface area contributed by atoms with Crippen LogP contribution in [-0.2, 0) is 16.3 Å². The maximum absolute atomic E-state index is 11.3. The Morgan fingerprint density at radius 3 is 2.57 bits per heavy atom. The van der Waals surface area contributed by atoms with Crippen molar-refractivity contribution in [1.82, 2.24) is 0 Å². The third-order valence-corrected chi connectivity index (χ3v) is 4.69. The molecule has 0 aromatic carbocycles. The molecule has 2 N–H and O–H groups in total. The molecule has 1 aromatic rings. The summed E-state index contributed by atoms with van der Waals surface area (Å²) in [6.07, 6.45) is 0.528. The fourth-order valence-corrected chi connectivity index (χ4v) is 3.33. The van der Waals surface area contributed by atoms with E-state index in [0.29, 0.717) is 10.8 Å². The van der Waals surface area contributed by atoms with Gasteiger partial charge in [0.05, 0.1) is 15.8 Å². The van der Waals surface area contributed by atoms with Crippen LogP contribution in [0.15, 0.2) is 12.1 Å². The first-order valence-corrected chi connectivity index (χ1v) is 7.20. The second-order valence-corrected chi connectivity index (χ2v) is 7.00. The lowest BCUT2D eigenvalue weighted by Gasteiger charge is -2.00. The van der Waals surface area contributed by atoms with E-state index in [2.05, 4.69) is 0 Å². The van der Waals surface area contributed by atoms with Gasteiger partial charge in [-0.1, -0.05) is 11.6 Å². The Morgan fingerprint density at radius 2 is 2.07 bits per heavy atom. The van der Waals surface area contributed by atoms with Crippen molar-refractivity contribution in [2.24, 2.45) is 5.73 Å². The van der Waals surface area contributed by atoms with Crippen LogP contribution in [0.5, 0.6) is 0 Å². The van der Waals surface area contributed by atoms with E-state index >= 15 is 0 Å². The first-order chi connectivity index (χ1) is 6.53. The predicted molar refractivity (Wildman–Crippen MR) is 60.7 cm³/mol. The maximum atomic E-state index is 11.3. The third kappa shape index (κ3) is 3.96.